The van der Waals surface area contributed by atoms with Gasteiger partial charge in [0.2, 0.25) is 0 Å². The van der Waals surface area contributed by atoms with Crippen LogP contribution in [0, 0.1) is 11.8 Å². The van der Waals surface area contributed by atoms with Gasteiger partial charge in [-0.3, -0.25) is 0 Å². The van der Waals surface area contributed by atoms with E-state index in [1.165, 1.54) is 64.6 Å². The second kappa shape index (κ2) is 6.02. The van der Waals surface area contributed by atoms with Crippen LogP contribution in [-0.2, 0) is 0 Å². The van der Waals surface area contributed by atoms with Crippen LogP contribution in [0.3, 0.4) is 0 Å². The first-order valence-electron chi connectivity index (χ1n) is 7.26. The van der Waals surface area contributed by atoms with Crippen LogP contribution in [-0.4, -0.2) is 30.6 Å². The Morgan fingerprint density at radius 3 is 2.06 bits per heavy atom. The zero-order valence-corrected chi connectivity index (χ0v) is 10.8. The Balaban J connectivity index is 1.66. The average molecular weight is 224 g/mol. The number of hydrogen-bond acceptors (Lipinski definition) is 2. The third kappa shape index (κ3) is 3.46. The van der Waals surface area contributed by atoms with Crippen molar-refractivity contribution in [3.8, 4) is 0 Å². The maximum atomic E-state index is 5.94. The monoisotopic (exact) mass is 224 g/mol. The molecule has 16 heavy (non-hydrogen) atoms. The molecular formula is C14H28N2. The fraction of sp³-hybridized carbons (Fsp3) is 1.00. The molecule has 2 aliphatic rings. The fourth-order valence-electron chi connectivity index (χ4n) is 3.32. The molecule has 1 aliphatic heterocycles. The molecule has 2 heteroatoms. The Labute approximate surface area is 101 Å². The second-order valence-corrected chi connectivity index (χ2v) is 5.93. The number of nitrogens with zero attached hydrogens (tertiary/aromatic N) is 1. The average Bonchev–Trinajstić information content (AvgIpc) is 2.33. The predicted molar refractivity (Wildman–Crippen MR) is 69.4 cm³/mol. The molecule has 0 bridgehead atoms. The molecule has 1 saturated heterocycles. The van der Waals surface area contributed by atoms with Gasteiger partial charge in [0.25, 0.3) is 0 Å². The molecule has 0 unspecified atom stereocenters. The third-order valence-electron chi connectivity index (χ3n) is 4.69. The summed E-state index contributed by atoms with van der Waals surface area (Å²) in [6, 6.07) is 0.479. The summed E-state index contributed by atoms with van der Waals surface area (Å²) in [5.74, 6) is 2.02. The minimum atomic E-state index is 0.479. The van der Waals surface area contributed by atoms with Crippen LogP contribution in [0.2, 0.25) is 0 Å². The topological polar surface area (TPSA) is 29.3 Å². The molecule has 0 spiro atoms. The van der Waals surface area contributed by atoms with Crippen molar-refractivity contribution in [2.45, 2.75) is 57.9 Å². The third-order valence-corrected chi connectivity index (χ3v) is 4.69. The van der Waals surface area contributed by atoms with E-state index in [0.29, 0.717) is 6.04 Å². The van der Waals surface area contributed by atoms with Crippen LogP contribution < -0.4 is 5.73 Å². The van der Waals surface area contributed by atoms with Gasteiger partial charge in [0.15, 0.2) is 0 Å². The summed E-state index contributed by atoms with van der Waals surface area (Å²) < 4.78 is 0. The van der Waals surface area contributed by atoms with E-state index >= 15 is 0 Å². The normalized spacial score (nSPS) is 34.1. The van der Waals surface area contributed by atoms with E-state index in [4.69, 9.17) is 5.73 Å². The quantitative estimate of drug-likeness (QED) is 0.798. The largest absolute Gasteiger partial charge is 0.328 e. The summed E-state index contributed by atoms with van der Waals surface area (Å²) >= 11 is 0. The van der Waals surface area contributed by atoms with Crippen molar-refractivity contribution in [2.24, 2.45) is 17.6 Å². The molecule has 1 saturated carbocycles. The molecule has 0 atom stereocenters. The van der Waals surface area contributed by atoms with Crippen LogP contribution in [0.1, 0.15) is 51.9 Å². The lowest BCUT2D eigenvalue weighted by Gasteiger charge is -2.35. The number of piperidine rings is 1. The van der Waals surface area contributed by atoms with Crippen LogP contribution >= 0.6 is 0 Å². The van der Waals surface area contributed by atoms with E-state index < -0.39 is 0 Å². The number of likely N-dealkylation sites (tertiary alicyclic amines) is 1. The lowest BCUT2D eigenvalue weighted by Crippen LogP contribution is -2.42. The van der Waals surface area contributed by atoms with Crippen molar-refractivity contribution in [1.29, 1.82) is 0 Å². The van der Waals surface area contributed by atoms with Gasteiger partial charge in [0.05, 0.1) is 0 Å². The van der Waals surface area contributed by atoms with Gasteiger partial charge in [-0.15, -0.1) is 0 Å². The van der Waals surface area contributed by atoms with Crippen molar-refractivity contribution in [2.75, 3.05) is 19.6 Å². The van der Waals surface area contributed by atoms with Gasteiger partial charge in [-0.25, -0.2) is 0 Å². The summed E-state index contributed by atoms with van der Waals surface area (Å²) in [4.78, 5) is 2.65. The van der Waals surface area contributed by atoms with Gasteiger partial charge < -0.3 is 10.6 Å². The standard InChI is InChI=1S/C14H28N2/c1-2-12-3-5-13(6-4-12)11-16-9-7-14(15)8-10-16/h12-14H,2-11,15H2,1H3. The molecule has 0 aromatic carbocycles. The molecule has 2 N–H and O–H groups in total. The van der Waals surface area contributed by atoms with Gasteiger partial charge in [0, 0.05) is 12.6 Å². The summed E-state index contributed by atoms with van der Waals surface area (Å²) in [5, 5.41) is 0. The molecule has 0 radical (unpaired) electrons. The van der Waals surface area contributed by atoms with Crippen molar-refractivity contribution in [1.82, 2.24) is 4.90 Å². The van der Waals surface area contributed by atoms with Crippen molar-refractivity contribution < 1.29 is 0 Å². The molecule has 94 valence electrons. The van der Waals surface area contributed by atoms with E-state index in [0.717, 1.165) is 11.8 Å². The van der Waals surface area contributed by atoms with E-state index in [1.54, 1.807) is 0 Å². The summed E-state index contributed by atoms with van der Waals surface area (Å²) in [7, 11) is 0. The molecule has 0 amide bonds. The zero-order valence-electron chi connectivity index (χ0n) is 10.8. The Bertz CT molecular complexity index is 189. The van der Waals surface area contributed by atoms with E-state index in [2.05, 4.69) is 11.8 Å². The highest BCUT2D eigenvalue weighted by molar-refractivity contribution is 4.79. The summed E-state index contributed by atoms with van der Waals surface area (Å²) in [6.07, 6.45) is 9.73. The second-order valence-electron chi connectivity index (χ2n) is 5.93. The highest BCUT2D eigenvalue weighted by Crippen LogP contribution is 2.31. The van der Waals surface area contributed by atoms with Gasteiger partial charge in [-0.05, 0) is 50.6 Å². The molecular weight excluding hydrogens is 196 g/mol. The predicted octanol–water partition coefficient (Wildman–Crippen LogP) is 2.63. The lowest BCUT2D eigenvalue weighted by molar-refractivity contribution is 0.151. The SMILES string of the molecule is CCC1CCC(CN2CCC(N)CC2)CC1. The van der Waals surface area contributed by atoms with Crippen LogP contribution in [0.15, 0.2) is 0 Å². The van der Waals surface area contributed by atoms with Gasteiger partial charge >= 0.3 is 0 Å². The number of hydrogen-bond donors (Lipinski definition) is 1. The smallest absolute Gasteiger partial charge is 0.00631 e. The van der Waals surface area contributed by atoms with Gasteiger partial charge in [0.1, 0.15) is 0 Å². The maximum absolute atomic E-state index is 5.94. The van der Waals surface area contributed by atoms with Crippen LogP contribution in [0.5, 0.6) is 0 Å². The molecule has 0 aromatic heterocycles. The van der Waals surface area contributed by atoms with Crippen molar-refractivity contribution in [3.05, 3.63) is 0 Å². The van der Waals surface area contributed by atoms with Crippen LogP contribution in [0.4, 0.5) is 0 Å². The molecule has 1 heterocycles. The molecule has 2 fully saturated rings. The van der Waals surface area contributed by atoms with Crippen LogP contribution in [0.25, 0.3) is 0 Å². The zero-order chi connectivity index (χ0) is 11.4. The number of rotatable bonds is 3. The first-order valence-corrected chi connectivity index (χ1v) is 7.26. The Kier molecular flexibility index (Phi) is 4.66. The van der Waals surface area contributed by atoms with E-state index in [1.807, 2.05) is 0 Å². The van der Waals surface area contributed by atoms with Crippen molar-refractivity contribution >= 4 is 0 Å². The molecule has 1 aliphatic carbocycles. The Morgan fingerprint density at radius 1 is 0.938 bits per heavy atom. The fourth-order valence-corrected chi connectivity index (χ4v) is 3.32. The van der Waals surface area contributed by atoms with Gasteiger partial charge in [-0.2, -0.15) is 0 Å². The highest BCUT2D eigenvalue weighted by atomic mass is 15.1. The van der Waals surface area contributed by atoms with E-state index in [9.17, 15) is 0 Å². The van der Waals surface area contributed by atoms with Crippen molar-refractivity contribution in [3.63, 3.8) is 0 Å². The maximum Gasteiger partial charge on any atom is 0.00631 e. The molecule has 0 aromatic rings. The Hall–Kier alpha value is -0.0800. The lowest BCUT2D eigenvalue weighted by atomic mass is 9.80. The Morgan fingerprint density at radius 2 is 1.50 bits per heavy atom. The van der Waals surface area contributed by atoms with Gasteiger partial charge in [-0.1, -0.05) is 26.2 Å². The molecule has 2 rings (SSSR count). The molecule has 2 nitrogen and oxygen atoms in total. The number of nitrogens with two attached hydrogens (primary N) is 1. The minimum Gasteiger partial charge on any atom is -0.328 e. The van der Waals surface area contributed by atoms with E-state index in [-0.39, 0.29) is 0 Å². The minimum absolute atomic E-state index is 0.479. The first-order chi connectivity index (χ1) is 7.78. The highest BCUT2D eigenvalue weighted by Gasteiger charge is 2.23. The first kappa shape index (κ1) is 12.4. The summed E-state index contributed by atoms with van der Waals surface area (Å²) in [6.45, 7) is 6.18. The summed E-state index contributed by atoms with van der Waals surface area (Å²) in [5.41, 5.74) is 5.94.